The topological polar surface area (TPSA) is 120 Å². The van der Waals surface area contributed by atoms with Gasteiger partial charge in [-0.2, -0.15) is 0 Å². The highest BCUT2D eigenvalue weighted by Gasteiger charge is 2.61. The first-order valence-electron chi connectivity index (χ1n) is 18.4. The van der Waals surface area contributed by atoms with E-state index in [1.54, 1.807) is 12.1 Å². The van der Waals surface area contributed by atoms with Crippen LogP contribution in [0, 0.1) is 29.3 Å². The van der Waals surface area contributed by atoms with Crippen molar-refractivity contribution in [2.75, 3.05) is 13.1 Å². The van der Waals surface area contributed by atoms with E-state index in [-0.39, 0.29) is 50.3 Å². The number of ether oxygens (including phenoxy) is 1. The molecule has 13 heteroatoms. The lowest BCUT2D eigenvalue weighted by Gasteiger charge is -2.30. The maximum absolute atomic E-state index is 14.4. The number of rotatable bonds is 7. The molecular formula is C38H46F3N5O5. The number of benzene rings is 2. The summed E-state index contributed by atoms with van der Waals surface area (Å²) in [5.41, 5.74) is 0.537. The highest BCUT2D eigenvalue weighted by Crippen LogP contribution is 2.48. The summed E-state index contributed by atoms with van der Waals surface area (Å²) in [5, 5.41) is 9.35. The van der Waals surface area contributed by atoms with E-state index in [9.17, 15) is 32.3 Å². The molecule has 0 bridgehead atoms. The SMILES string of the molecule is O=C1N[C@]2(C(=O)NCC3CC3)C[C@H]2CCCCCCC[C@H](NCc2ccc(F)c(F)c2)C(=O)N2C[C@H](OC(=O)N3Cc4cccc(F)c4C3)C[C@@H]12. The average molecular weight is 710 g/mol. The molecule has 5 aliphatic rings. The highest BCUT2D eigenvalue weighted by atomic mass is 19.2. The van der Waals surface area contributed by atoms with Crippen molar-refractivity contribution in [3.8, 4) is 0 Å². The van der Waals surface area contributed by atoms with Gasteiger partial charge in [0.05, 0.1) is 19.1 Å². The smallest absolute Gasteiger partial charge is 0.410 e. The molecule has 0 aromatic heterocycles. The first-order chi connectivity index (χ1) is 24.6. The van der Waals surface area contributed by atoms with Crippen molar-refractivity contribution in [3.05, 3.63) is 70.5 Å². The van der Waals surface area contributed by atoms with Gasteiger partial charge in [0.15, 0.2) is 11.6 Å². The van der Waals surface area contributed by atoms with Gasteiger partial charge in [-0.15, -0.1) is 0 Å². The van der Waals surface area contributed by atoms with Crippen LogP contribution in [0.25, 0.3) is 0 Å². The Bertz CT molecular complexity index is 1670. The number of hydrogen-bond acceptors (Lipinski definition) is 6. The van der Waals surface area contributed by atoms with Gasteiger partial charge >= 0.3 is 6.09 Å². The Morgan fingerprint density at radius 1 is 0.922 bits per heavy atom. The minimum absolute atomic E-state index is 0.00678. The predicted molar refractivity (Wildman–Crippen MR) is 180 cm³/mol. The van der Waals surface area contributed by atoms with Crippen LogP contribution in [0.4, 0.5) is 18.0 Å². The normalized spacial score (nSPS) is 28.1. The zero-order chi connectivity index (χ0) is 35.7. The van der Waals surface area contributed by atoms with E-state index in [4.69, 9.17) is 4.74 Å². The molecule has 5 atom stereocenters. The van der Waals surface area contributed by atoms with E-state index >= 15 is 0 Å². The molecule has 2 saturated heterocycles. The lowest BCUT2D eigenvalue weighted by molar-refractivity contribution is -0.141. The molecule has 51 heavy (non-hydrogen) atoms. The summed E-state index contributed by atoms with van der Waals surface area (Å²) in [6.07, 6.45) is 6.93. The van der Waals surface area contributed by atoms with Crippen LogP contribution in [0.3, 0.4) is 0 Å². The van der Waals surface area contributed by atoms with Crippen molar-refractivity contribution in [1.82, 2.24) is 25.8 Å². The van der Waals surface area contributed by atoms with Gasteiger partial charge in [0.2, 0.25) is 17.7 Å². The monoisotopic (exact) mass is 709 g/mol. The minimum atomic E-state index is -1.05. The average Bonchev–Trinajstić information content (AvgIpc) is 3.97. The molecule has 3 aliphatic heterocycles. The minimum Gasteiger partial charge on any atom is -0.444 e. The predicted octanol–water partition coefficient (Wildman–Crippen LogP) is 4.83. The molecule has 7 rings (SSSR count). The Balaban J connectivity index is 1.11. The standard InChI is InChI=1S/C38H46F3N5O5/c39-29-9-6-7-25-20-45(22-28(25)29)37(50)51-27-16-33-34(47)44-38(36(49)43-18-23-11-12-23)17-26(38)8-4-2-1-3-5-10-32(35(48)46(33)21-27)42-19-24-13-14-30(40)31(41)15-24/h6-7,9,13-15,23,26-27,32-33,42H,1-5,8,10-12,16-22H2,(H,43,49)(H,44,47)/t26-,27-,32+,33+,38-/m1/s1. The number of halogens is 3. The fraction of sp³-hybridized carbons (Fsp3) is 0.579. The van der Waals surface area contributed by atoms with Crippen molar-refractivity contribution in [3.63, 3.8) is 0 Å². The second-order valence-electron chi connectivity index (χ2n) is 15.0. The quantitative estimate of drug-likeness (QED) is 0.379. The van der Waals surface area contributed by atoms with Crippen LogP contribution in [-0.2, 0) is 38.8 Å². The molecule has 2 saturated carbocycles. The largest absolute Gasteiger partial charge is 0.444 e. The second kappa shape index (κ2) is 14.8. The van der Waals surface area contributed by atoms with E-state index in [2.05, 4.69) is 16.0 Å². The third-order valence-corrected chi connectivity index (χ3v) is 11.3. The summed E-state index contributed by atoms with van der Waals surface area (Å²) in [5.74, 6) is -2.93. The molecule has 3 N–H and O–H groups in total. The molecule has 0 radical (unpaired) electrons. The number of fused-ring (bicyclic) bond motifs is 3. The lowest BCUT2D eigenvalue weighted by Crippen LogP contribution is -2.57. The Kier molecular flexibility index (Phi) is 10.3. The molecule has 274 valence electrons. The fourth-order valence-corrected chi connectivity index (χ4v) is 7.96. The summed E-state index contributed by atoms with van der Waals surface area (Å²) < 4.78 is 47.9. The summed E-state index contributed by atoms with van der Waals surface area (Å²) in [4.78, 5) is 58.4. The van der Waals surface area contributed by atoms with E-state index < -0.39 is 53.2 Å². The Morgan fingerprint density at radius 2 is 1.71 bits per heavy atom. The third kappa shape index (κ3) is 7.88. The second-order valence-corrected chi connectivity index (χ2v) is 15.0. The molecule has 4 fully saturated rings. The van der Waals surface area contributed by atoms with E-state index in [0.717, 1.165) is 63.5 Å². The van der Waals surface area contributed by atoms with Crippen LogP contribution < -0.4 is 16.0 Å². The number of nitrogens with one attached hydrogen (secondary N) is 3. The van der Waals surface area contributed by atoms with E-state index in [0.29, 0.717) is 42.0 Å². The Labute approximate surface area is 295 Å². The molecule has 2 aromatic carbocycles. The molecule has 2 aromatic rings. The van der Waals surface area contributed by atoms with Crippen LogP contribution >= 0.6 is 0 Å². The Morgan fingerprint density at radius 3 is 2.47 bits per heavy atom. The first kappa shape index (κ1) is 35.3. The van der Waals surface area contributed by atoms with Gasteiger partial charge in [-0.3, -0.25) is 19.3 Å². The maximum atomic E-state index is 14.4. The fourth-order valence-electron chi connectivity index (χ4n) is 7.96. The van der Waals surface area contributed by atoms with Crippen LogP contribution in [0.15, 0.2) is 36.4 Å². The third-order valence-electron chi connectivity index (χ3n) is 11.3. The number of carbonyl (C=O) groups is 4. The maximum Gasteiger partial charge on any atom is 0.410 e. The summed E-state index contributed by atoms with van der Waals surface area (Å²) in [6, 6.07) is 6.51. The van der Waals surface area contributed by atoms with Gasteiger partial charge in [-0.05, 0) is 73.3 Å². The number of nitrogens with zero attached hydrogens (tertiary/aromatic N) is 2. The zero-order valence-electron chi connectivity index (χ0n) is 28.7. The molecule has 4 amide bonds. The van der Waals surface area contributed by atoms with Gasteiger partial charge in [-0.25, -0.2) is 18.0 Å². The van der Waals surface area contributed by atoms with Crippen molar-refractivity contribution >= 4 is 23.8 Å². The summed E-state index contributed by atoms with van der Waals surface area (Å²) in [7, 11) is 0. The van der Waals surface area contributed by atoms with Gasteiger partial charge < -0.3 is 25.6 Å². The molecular weight excluding hydrogens is 663 g/mol. The van der Waals surface area contributed by atoms with Gasteiger partial charge in [0, 0.05) is 31.6 Å². The first-order valence-corrected chi connectivity index (χ1v) is 18.4. The summed E-state index contributed by atoms with van der Waals surface area (Å²) in [6.45, 7) is 0.849. The number of hydrogen-bond donors (Lipinski definition) is 3. The van der Waals surface area contributed by atoms with Gasteiger partial charge in [0.25, 0.3) is 0 Å². The van der Waals surface area contributed by atoms with Crippen LogP contribution in [0.1, 0.15) is 87.3 Å². The number of carbonyl (C=O) groups excluding carboxylic acids is 4. The van der Waals surface area contributed by atoms with Gasteiger partial charge in [0.1, 0.15) is 23.5 Å². The van der Waals surface area contributed by atoms with E-state index in [1.165, 1.54) is 21.9 Å². The van der Waals surface area contributed by atoms with Crippen LogP contribution in [-0.4, -0.2) is 70.4 Å². The van der Waals surface area contributed by atoms with Crippen molar-refractivity contribution in [2.45, 2.75) is 114 Å². The molecule has 2 aliphatic carbocycles. The summed E-state index contributed by atoms with van der Waals surface area (Å²) >= 11 is 0. The molecule has 0 spiro atoms. The van der Waals surface area contributed by atoms with Crippen molar-refractivity contribution in [2.24, 2.45) is 11.8 Å². The lowest BCUT2D eigenvalue weighted by atomic mass is 10.0. The molecule has 10 nitrogen and oxygen atoms in total. The van der Waals surface area contributed by atoms with E-state index in [1.807, 2.05) is 0 Å². The Hall–Kier alpha value is -4.13. The van der Waals surface area contributed by atoms with Crippen LogP contribution in [0.5, 0.6) is 0 Å². The molecule has 0 unspecified atom stereocenters. The van der Waals surface area contributed by atoms with Crippen molar-refractivity contribution in [1.29, 1.82) is 0 Å². The van der Waals surface area contributed by atoms with Crippen molar-refractivity contribution < 1.29 is 37.1 Å². The zero-order valence-corrected chi connectivity index (χ0v) is 28.7. The highest BCUT2D eigenvalue weighted by molar-refractivity contribution is 5.97. The number of amides is 4. The van der Waals surface area contributed by atoms with Crippen LogP contribution in [0.2, 0.25) is 0 Å². The molecule has 3 heterocycles. The van der Waals surface area contributed by atoms with Gasteiger partial charge in [-0.1, -0.05) is 50.3 Å².